The van der Waals surface area contributed by atoms with Gasteiger partial charge in [-0.15, -0.1) is 0 Å². The summed E-state index contributed by atoms with van der Waals surface area (Å²) in [5, 5.41) is 74.4. The van der Waals surface area contributed by atoms with E-state index in [2.05, 4.69) is 182 Å². The average molecular weight is 1850 g/mol. The molecule has 2 aliphatic rings. The minimum atomic E-state index is -0.817. The molecule has 19 heteroatoms. The first-order valence-electron chi connectivity index (χ1n) is 44.2. The number of halogens is 3. The zero-order valence-corrected chi connectivity index (χ0v) is 74.5. The van der Waals surface area contributed by atoms with Gasteiger partial charge < -0.3 is 39.0 Å². The second kappa shape index (κ2) is 40.6. The summed E-state index contributed by atoms with van der Waals surface area (Å²) in [7, 11) is 0. The number of fused-ring (bicyclic) bond motifs is 10. The molecule has 0 amide bonds. The summed E-state index contributed by atoms with van der Waals surface area (Å²) in [6.45, 7) is 0. The molecule has 0 aliphatic heterocycles. The molecule has 0 heterocycles. The number of benzene rings is 20. The summed E-state index contributed by atoms with van der Waals surface area (Å²) < 4.78 is 68.3. The number of carbonyl (C=O) groups excluding carboxylic acids is 4. The van der Waals surface area contributed by atoms with Gasteiger partial charge in [-0.25, -0.2) is 13.2 Å². The number of rotatable bonds is 18. The molecule has 2 aliphatic carbocycles. The third-order valence-electron chi connectivity index (χ3n) is 24.5. The van der Waals surface area contributed by atoms with E-state index >= 15 is 0 Å². The first-order chi connectivity index (χ1) is 68.9. The van der Waals surface area contributed by atoms with E-state index in [9.17, 15) is 53.1 Å². The molecule has 676 valence electrons. The van der Waals surface area contributed by atoms with E-state index in [1.54, 1.807) is 140 Å². The lowest BCUT2D eigenvalue weighted by atomic mass is 9.67. The summed E-state index contributed by atoms with van der Waals surface area (Å²) in [5.41, 5.74) is 15.1. The average Bonchev–Trinajstić information content (AvgIpc) is 1.53. The molecule has 0 fully saturated rings. The molecule has 3 N–H and O–H groups in total. The van der Waals surface area contributed by atoms with Crippen LogP contribution in [-0.4, -0.2) is 40.5 Å². The van der Waals surface area contributed by atoms with Crippen LogP contribution in [0.1, 0.15) is 108 Å². The minimum absolute atomic E-state index is 0.142. The number of nitrogens with zero attached hydrogens (tertiary/aromatic N) is 4. The Balaban J connectivity index is 0.000000148. The molecular formula is C122H75F3N4O12. The van der Waals surface area contributed by atoms with E-state index in [-0.39, 0.29) is 39.7 Å². The third-order valence-corrected chi connectivity index (χ3v) is 24.5. The van der Waals surface area contributed by atoms with Gasteiger partial charge in [0.05, 0.1) is 10.8 Å². The number of aldehydes is 4. The van der Waals surface area contributed by atoms with E-state index < -0.39 is 33.8 Å². The van der Waals surface area contributed by atoms with Gasteiger partial charge in [-0.3, -0.25) is 19.2 Å². The number of hydrogen-bond acceptors (Lipinski definition) is 16. The van der Waals surface area contributed by atoms with Gasteiger partial charge >= 0.3 is 0 Å². The highest BCUT2D eigenvalue weighted by Crippen LogP contribution is 2.59. The zero-order chi connectivity index (χ0) is 97.7. The van der Waals surface area contributed by atoms with Gasteiger partial charge in [0, 0.05) is 22.3 Å². The van der Waals surface area contributed by atoms with Gasteiger partial charge in [-0.2, -0.15) is 21.0 Å². The largest absolute Gasteiger partial charge is 0.508 e. The zero-order valence-electron chi connectivity index (χ0n) is 74.5. The first-order valence-corrected chi connectivity index (χ1v) is 44.2. The normalized spacial score (nSPS) is 11.7. The maximum absolute atomic E-state index is 13.3. The van der Waals surface area contributed by atoms with Crippen molar-refractivity contribution < 1.29 is 71.4 Å². The van der Waals surface area contributed by atoms with Gasteiger partial charge in [0.2, 0.25) is 0 Å². The standard InChI is InChI=1S/C61H36N2O6.C33H22O2.C14H8FNO2.C7H3F2N.C7H6O2/c62-35-53-57(66-47-25-15-39(37-64)16-26-47)11-5-13-59(53)68-49-29-21-41-31-45(23-19-43(41)33-49)61(55-9-3-1-7-51(55)52-8-2-4-10-56(52)61)46-24-20-44-34-50(30-22-42(44)32-46)69-60-14-6-12-58(54(60)36-63)67-48-27-17-40(38-65)18-28-48;34-27-15-11-21-17-25(13-9-23(21)19-27)33(26-14-10-24-20-28(35)16-12-22(24)18-26)31-7-3-1-5-29(31)30-6-2-4-8-32(30)33;15-13-2-1-3-14(12(13)8-16)18-11-6-4-10(9-17)5-7-11;8-6-2-1-3-7(9)5(6)4-10;8-5-6-1-3-7(9)4-2-6/h1-34,37-38H;1-20,34-35H;1-7,9H;1-3H;1-5,9H. The van der Waals surface area contributed by atoms with Crippen LogP contribution in [0.4, 0.5) is 13.2 Å². The number of phenols is 3. The van der Waals surface area contributed by atoms with Gasteiger partial charge in [0.15, 0.2) is 0 Å². The van der Waals surface area contributed by atoms with E-state index in [1.807, 2.05) is 60.7 Å². The van der Waals surface area contributed by atoms with Crippen molar-refractivity contribution in [1.82, 2.24) is 0 Å². The van der Waals surface area contributed by atoms with Crippen LogP contribution in [0.5, 0.6) is 74.7 Å². The van der Waals surface area contributed by atoms with Crippen LogP contribution in [0.2, 0.25) is 0 Å². The maximum Gasteiger partial charge on any atom is 0.150 e. The van der Waals surface area contributed by atoms with Crippen LogP contribution in [0.3, 0.4) is 0 Å². The number of aromatic hydroxyl groups is 3. The van der Waals surface area contributed by atoms with Crippen LogP contribution in [0.25, 0.3) is 65.3 Å². The molecule has 0 unspecified atom stereocenters. The molecular weight excluding hydrogens is 1770 g/mol. The van der Waals surface area contributed by atoms with Gasteiger partial charge in [0.1, 0.15) is 164 Å². The number of nitriles is 4. The molecule has 0 saturated carbocycles. The van der Waals surface area contributed by atoms with Crippen LogP contribution >= 0.6 is 0 Å². The van der Waals surface area contributed by atoms with Crippen molar-refractivity contribution in [1.29, 1.82) is 21.0 Å². The van der Waals surface area contributed by atoms with Crippen molar-refractivity contribution in [3.05, 3.63) is 519 Å². The lowest BCUT2D eigenvalue weighted by Crippen LogP contribution is -2.28. The summed E-state index contributed by atoms with van der Waals surface area (Å²) >= 11 is 0. The lowest BCUT2D eigenvalue weighted by molar-refractivity contribution is 0.111. The highest BCUT2D eigenvalue weighted by Gasteiger charge is 2.48. The molecule has 0 aromatic heterocycles. The molecule has 16 nitrogen and oxygen atoms in total. The Hall–Kier alpha value is -19.7. The van der Waals surface area contributed by atoms with Crippen molar-refractivity contribution in [2.45, 2.75) is 10.8 Å². The smallest absolute Gasteiger partial charge is 0.150 e. The molecule has 20 aromatic carbocycles. The van der Waals surface area contributed by atoms with Crippen molar-refractivity contribution in [3.63, 3.8) is 0 Å². The topological polar surface area (TPSA) is 270 Å². The molecule has 0 radical (unpaired) electrons. The van der Waals surface area contributed by atoms with Crippen LogP contribution in [-0.2, 0) is 10.8 Å². The Morgan fingerprint density at radius 1 is 0.220 bits per heavy atom. The molecule has 0 bridgehead atoms. The predicted molar refractivity (Wildman–Crippen MR) is 535 cm³/mol. The summed E-state index contributed by atoms with van der Waals surface area (Å²) in [5.74, 6) is 2.56. The van der Waals surface area contributed by atoms with E-state index in [1.165, 1.54) is 98.1 Å². The van der Waals surface area contributed by atoms with Crippen molar-refractivity contribution in [2.75, 3.05) is 0 Å². The fraction of sp³-hybridized carbons (Fsp3) is 0.0164. The summed E-state index contributed by atoms with van der Waals surface area (Å²) in [6.07, 6.45) is 2.98. The second-order valence-electron chi connectivity index (χ2n) is 32.8. The van der Waals surface area contributed by atoms with E-state index in [4.69, 9.17) is 39.3 Å². The fourth-order valence-corrected chi connectivity index (χ4v) is 17.9. The third kappa shape index (κ3) is 18.7. The molecule has 22 rings (SSSR count). The Morgan fingerprint density at radius 3 is 0.745 bits per heavy atom. The SMILES string of the molecule is N#Cc1c(F)cccc1F.N#Cc1c(F)cccc1Oc1ccc(C=O)cc1.N#Cc1c(Oc2ccc(C=O)cc2)cccc1Oc1ccc2cc(C3(c4ccc5cc(Oc6cccc(Oc7ccc(C=O)cc7)c6C#N)ccc5c4)c4ccccc4-c4ccccc43)ccc2c1.O=Cc1ccc(O)cc1.Oc1ccc2cc(C3(c4ccc5cc(O)ccc5c4)c4ccccc4-c4ccccc43)ccc2c1. The highest BCUT2D eigenvalue weighted by atomic mass is 19.1. The van der Waals surface area contributed by atoms with Gasteiger partial charge in [-0.05, 0) is 328 Å². The number of phenolic OH excluding ortho intramolecular Hbond substituents is 3. The minimum Gasteiger partial charge on any atom is -0.508 e. The summed E-state index contributed by atoms with van der Waals surface area (Å²) in [4.78, 5) is 42.8. The summed E-state index contributed by atoms with van der Waals surface area (Å²) in [6, 6.07) is 135. The van der Waals surface area contributed by atoms with Gasteiger partial charge in [-0.1, -0.05) is 194 Å². The highest BCUT2D eigenvalue weighted by molar-refractivity contribution is 5.95. The lowest BCUT2D eigenvalue weighted by Gasteiger charge is -2.34. The number of carbonyl (C=O) groups is 4. The van der Waals surface area contributed by atoms with E-state index in [0.29, 0.717) is 80.3 Å². The van der Waals surface area contributed by atoms with Crippen LogP contribution in [0, 0.1) is 62.8 Å². The number of ether oxygens (including phenoxy) is 5. The Morgan fingerprint density at radius 2 is 0.447 bits per heavy atom. The maximum atomic E-state index is 13.3. The first kappa shape index (κ1) is 91.8. The van der Waals surface area contributed by atoms with Crippen molar-refractivity contribution >= 4 is 68.2 Å². The van der Waals surface area contributed by atoms with Gasteiger partial charge in [0.25, 0.3) is 0 Å². The Labute approximate surface area is 806 Å². The molecule has 0 saturated heterocycles. The predicted octanol–water partition coefficient (Wildman–Crippen LogP) is 29.0. The second-order valence-corrected chi connectivity index (χ2v) is 32.8. The van der Waals surface area contributed by atoms with Crippen LogP contribution in [0.15, 0.2) is 413 Å². The monoisotopic (exact) mass is 1840 g/mol. The Bertz CT molecular complexity index is 8060. The fourth-order valence-electron chi connectivity index (χ4n) is 17.9. The molecule has 20 aromatic rings. The quantitative estimate of drug-likeness (QED) is 0.0674. The Kier molecular flexibility index (Phi) is 26.4. The van der Waals surface area contributed by atoms with Crippen LogP contribution < -0.4 is 23.7 Å². The molecule has 0 atom stereocenters. The van der Waals surface area contributed by atoms with Crippen molar-refractivity contribution in [2.24, 2.45) is 0 Å². The molecule has 0 spiro atoms. The van der Waals surface area contributed by atoms with Crippen molar-refractivity contribution in [3.8, 4) is 121 Å². The molecule has 141 heavy (non-hydrogen) atoms. The van der Waals surface area contributed by atoms with E-state index in [0.717, 1.165) is 85.2 Å². The number of hydrogen-bond donors (Lipinski definition) is 3.